The third-order valence-electron chi connectivity index (χ3n) is 2.57. The van der Waals surface area contributed by atoms with Gasteiger partial charge in [-0.25, -0.2) is 0 Å². The van der Waals surface area contributed by atoms with Crippen molar-refractivity contribution in [2.24, 2.45) is 5.73 Å². The molecule has 3 nitrogen and oxygen atoms in total. The maximum absolute atomic E-state index is 11.3. The van der Waals surface area contributed by atoms with Gasteiger partial charge in [-0.2, -0.15) is 0 Å². The number of amides is 1. The van der Waals surface area contributed by atoms with Crippen LogP contribution in [0, 0.1) is 0 Å². The van der Waals surface area contributed by atoms with Crippen molar-refractivity contribution < 1.29 is 4.79 Å². The highest BCUT2D eigenvalue weighted by Crippen LogP contribution is 2.32. The third-order valence-corrected chi connectivity index (χ3v) is 3.64. The molecule has 1 heterocycles. The van der Waals surface area contributed by atoms with Gasteiger partial charge in [-0.05, 0) is 37.5 Å². The number of hydrogen-bond acceptors (Lipinski definition) is 3. The van der Waals surface area contributed by atoms with Crippen molar-refractivity contribution >= 4 is 23.4 Å². The summed E-state index contributed by atoms with van der Waals surface area (Å²) in [4.78, 5) is 12.4. The molecule has 1 aromatic carbocycles. The Morgan fingerprint density at radius 2 is 2.38 bits per heavy atom. The Morgan fingerprint density at radius 1 is 1.56 bits per heavy atom. The second kappa shape index (κ2) is 4.89. The SMILES string of the molecule is CC(N)CCc1ccc2c(c1)NC(=O)CS2. The van der Waals surface area contributed by atoms with Gasteiger partial charge >= 0.3 is 0 Å². The van der Waals surface area contributed by atoms with Crippen molar-refractivity contribution in [2.75, 3.05) is 11.1 Å². The molecule has 1 unspecified atom stereocenters. The van der Waals surface area contributed by atoms with Gasteiger partial charge in [0.05, 0.1) is 11.4 Å². The van der Waals surface area contributed by atoms with E-state index in [1.807, 2.05) is 6.92 Å². The standard InChI is InChI=1S/C12H16N2OS/c1-8(13)2-3-9-4-5-11-10(6-9)14-12(15)7-16-11/h4-6,8H,2-3,7,13H2,1H3,(H,14,15). The molecule has 1 atom stereocenters. The highest BCUT2D eigenvalue weighted by Gasteiger charge is 2.15. The Labute approximate surface area is 99.8 Å². The number of carbonyl (C=O) groups excluding carboxylic acids is 1. The summed E-state index contributed by atoms with van der Waals surface area (Å²) in [6, 6.07) is 6.48. The summed E-state index contributed by atoms with van der Waals surface area (Å²) >= 11 is 1.59. The van der Waals surface area contributed by atoms with E-state index in [9.17, 15) is 4.79 Å². The topological polar surface area (TPSA) is 55.1 Å². The van der Waals surface area contributed by atoms with Gasteiger partial charge in [0.25, 0.3) is 0 Å². The normalized spacial score (nSPS) is 16.5. The van der Waals surface area contributed by atoms with Gasteiger partial charge in [-0.3, -0.25) is 4.79 Å². The molecular weight excluding hydrogens is 220 g/mol. The number of fused-ring (bicyclic) bond motifs is 1. The number of hydrogen-bond donors (Lipinski definition) is 2. The monoisotopic (exact) mass is 236 g/mol. The molecule has 86 valence electrons. The second-order valence-corrected chi connectivity index (χ2v) is 5.20. The first-order chi connectivity index (χ1) is 7.65. The lowest BCUT2D eigenvalue weighted by Gasteiger charge is -2.17. The highest BCUT2D eigenvalue weighted by molar-refractivity contribution is 8.00. The minimum atomic E-state index is 0.0850. The van der Waals surface area contributed by atoms with Gasteiger partial charge in [0.15, 0.2) is 0 Å². The van der Waals surface area contributed by atoms with Crippen molar-refractivity contribution in [3.8, 4) is 0 Å². The molecule has 0 aliphatic carbocycles. The number of carbonyl (C=O) groups is 1. The maximum atomic E-state index is 11.3. The van der Waals surface area contributed by atoms with Crippen LogP contribution in [-0.4, -0.2) is 17.7 Å². The van der Waals surface area contributed by atoms with Crippen molar-refractivity contribution in [1.29, 1.82) is 0 Å². The van der Waals surface area contributed by atoms with Crippen LogP contribution in [0.15, 0.2) is 23.1 Å². The molecule has 0 bridgehead atoms. The average molecular weight is 236 g/mol. The van der Waals surface area contributed by atoms with Crippen molar-refractivity contribution in [3.63, 3.8) is 0 Å². The molecule has 1 aliphatic heterocycles. The minimum Gasteiger partial charge on any atom is -0.328 e. The van der Waals surface area contributed by atoms with Crippen LogP contribution in [0.3, 0.4) is 0 Å². The largest absolute Gasteiger partial charge is 0.328 e. The van der Waals surface area contributed by atoms with E-state index in [-0.39, 0.29) is 11.9 Å². The first-order valence-corrected chi connectivity index (χ1v) is 6.45. The number of thioether (sulfide) groups is 1. The van der Waals surface area contributed by atoms with Crippen molar-refractivity contribution in [3.05, 3.63) is 23.8 Å². The van der Waals surface area contributed by atoms with Gasteiger partial charge in [0.1, 0.15) is 0 Å². The van der Waals surface area contributed by atoms with Crippen LogP contribution < -0.4 is 11.1 Å². The van der Waals surface area contributed by atoms with E-state index < -0.39 is 0 Å². The molecule has 1 amide bonds. The minimum absolute atomic E-state index is 0.0850. The Morgan fingerprint density at radius 3 is 3.12 bits per heavy atom. The van der Waals surface area contributed by atoms with E-state index in [4.69, 9.17) is 5.73 Å². The van der Waals surface area contributed by atoms with Gasteiger partial charge < -0.3 is 11.1 Å². The van der Waals surface area contributed by atoms with E-state index in [0.29, 0.717) is 5.75 Å². The summed E-state index contributed by atoms with van der Waals surface area (Å²) in [5.74, 6) is 0.605. The maximum Gasteiger partial charge on any atom is 0.234 e. The molecule has 0 spiro atoms. The predicted molar refractivity (Wildman–Crippen MR) is 67.8 cm³/mol. The Bertz CT molecular complexity index is 404. The van der Waals surface area contributed by atoms with E-state index in [0.717, 1.165) is 23.4 Å². The zero-order valence-corrected chi connectivity index (χ0v) is 10.1. The van der Waals surface area contributed by atoms with Crippen LogP contribution in [-0.2, 0) is 11.2 Å². The lowest BCUT2D eigenvalue weighted by Crippen LogP contribution is -2.19. The zero-order chi connectivity index (χ0) is 11.5. The van der Waals surface area contributed by atoms with Crippen LogP contribution in [0.4, 0.5) is 5.69 Å². The number of nitrogens with one attached hydrogen (secondary N) is 1. The fraction of sp³-hybridized carbons (Fsp3) is 0.417. The number of benzene rings is 1. The van der Waals surface area contributed by atoms with Crippen LogP contribution in [0.25, 0.3) is 0 Å². The number of aryl methyl sites for hydroxylation is 1. The lowest BCUT2D eigenvalue weighted by molar-refractivity contribution is -0.113. The van der Waals surface area contributed by atoms with Crippen LogP contribution >= 0.6 is 11.8 Å². The molecule has 2 rings (SSSR count). The summed E-state index contributed by atoms with van der Waals surface area (Å²) in [7, 11) is 0. The molecule has 0 aromatic heterocycles. The van der Waals surface area contributed by atoms with Crippen LogP contribution in [0.2, 0.25) is 0 Å². The number of nitrogens with two attached hydrogens (primary N) is 1. The smallest absolute Gasteiger partial charge is 0.234 e. The van der Waals surface area contributed by atoms with Gasteiger partial charge in [-0.15, -0.1) is 11.8 Å². The second-order valence-electron chi connectivity index (χ2n) is 4.18. The zero-order valence-electron chi connectivity index (χ0n) is 9.32. The molecule has 0 saturated carbocycles. The summed E-state index contributed by atoms with van der Waals surface area (Å²) in [6.07, 6.45) is 1.94. The van der Waals surface area contributed by atoms with E-state index >= 15 is 0 Å². The molecular formula is C12H16N2OS. The fourth-order valence-corrected chi connectivity index (χ4v) is 2.47. The number of rotatable bonds is 3. The van der Waals surface area contributed by atoms with E-state index in [1.165, 1.54) is 5.56 Å². The Balaban J connectivity index is 2.12. The van der Waals surface area contributed by atoms with Crippen molar-refractivity contribution in [1.82, 2.24) is 0 Å². The first-order valence-electron chi connectivity index (χ1n) is 5.46. The summed E-state index contributed by atoms with van der Waals surface area (Å²) in [5, 5.41) is 2.90. The van der Waals surface area contributed by atoms with Gasteiger partial charge in [0, 0.05) is 10.9 Å². The van der Waals surface area contributed by atoms with Crippen LogP contribution in [0.5, 0.6) is 0 Å². The fourth-order valence-electron chi connectivity index (χ4n) is 1.68. The van der Waals surface area contributed by atoms with E-state index in [2.05, 4.69) is 23.5 Å². The predicted octanol–water partition coefficient (Wildman–Crippen LogP) is 2.01. The molecule has 4 heteroatoms. The molecule has 0 saturated heterocycles. The Hall–Kier alpha value is -1.000. The lowest BCUT2D eigenvalue weighted by atomic mass is 10.1. The third kappa shape index (κ3) is 2.77. The number of anilines is 1. The van der Waals surface area contributed by atoms with Crippen LogP contribution in [0.1, 0.15) is 18.9 Å². The summed E-state index contributed by atoms with van der Waals surface area (Å²) < 4.78 is 0. The molecule has 0 fully saturated rings. The molecule has 16 heavy (non-hydrogen) atoms. The van der Waals surface area contributed by atoms with Crippen molar-refractivity contribution in [2.45, 2.75) is 30.7 Å². The van der Waals surface area contributed by atoms with E-state index in [1.54, 1.807) is 11.8 Å². The molecule has 1 aliphatic rings. The summed E-state index contributed by atoms with van der Waals surface area (Å²) in [6.45, 7) is 2.01. The highest BCUT2D eigenvalue weighted by atomic mass is 32.2. The first kappa shape index (κ1) is 11.5. The average Bonchev–Trinajstić information content (AvgIpc) is 2.25. The Kier molecular flexibility index (Phi) is 3.51. The molecule has 0 radical (unpaired) electrons. The molecule has 1 aromatic rings. The summed E-state index contributed by atoms with van der Waals surface area (Å²) in [5.41, 5.74) is 7.91. The quantitative estimate of drug-likeness (QED) is 0.844. The molecule has 3 N–H and O–H groups in total. The van der Waals surface area contributed by atoms with Gasteiger partial charge in [-0.1, -0.05) is 6.07 Å². The van der Waals surface area contributed by atoms with Gasteiger partial charge in [0.2, 0.25) is 5.91 Å².